The Hall–Kier alpha value is -2.45. The van der Waals surface area contributed by atoms with Crippen molar-refractivity contribution in [2.24, 2.45) is 34.5 Å². The second-order valence-electron chi connectivity index (χ2n) is 15.4. The van der Waals surface area contributed by atoms with Crippen molar-refractivity contribution >= 4 is 23.5 Å². The van der Waals surface area contributed by atoms with Crippen LogP contribution in [0.4, 0.5) is 5.69 Å². The molecule has 5 saturated carbocycles. The zero-order valence-electron chi connectivity index (χ0n) is 28.4. The first-order chi connectivity index (χ1) is 23.0. The van der Waals surface area contributed by atoms with E-state index >= 15 is 0 Å². The standard InChI is InChI=1S/C36H48N2O10/c1-6-37-17-33(18-48-31(41)19-9-7-8-10-22(19)38-25(39)11-12-26(38)40)14-13-24(45-3)35-21-15-20-23(44-2)16-34(42,27(21)28(20)46-4)36(43,32(35)37)30(47-5)29(33)35/h7-10,20-21,23-24,27-30,32,42-43H,6,11-18H2,1-5H3/t20-,21-,23+,24-,27-,28+,29-,30+,32+,33+,34-,35+,36-/m1/s1. The van der Waals surface area contributed by atoms with E-state index in [0.717, 1.165) is 11.3 Å². The molecule has 0 aromatic heterocycles. The number of piperidine rings is 1. The van der Waals surface area contributed by atoms with Crippen molar-refractivity contribution in [3.8, 4) is 0 Å². The molecular formula is C36H48N2O10. The van der Waals surface area contributed by atoms with Crippen molar-refractivity contribution in [1.82, 2.24) is 4.90 Å². The van der Waals surface area contributed by atoms with E-state index in [2.05, 4.69) is 11.8 Å². The lowest BCUT2D eigenvalue weighted by atomic mass is 9.42. The highest BCUT2D eigenvalue weighted by Crippen LogP contribution is 2.80. The highest BCUT2D eigenvalue weighted by atomic mass is 16.5. The van der Waals surface area contributed by atoms with Gasteiger partial charge in [0.05, 0.1) is 48.3 Å². The molecule has 7 aliphatic rings. The molecular weight excluding hydrogens is 620 g/mol. The maximum Gasteiger partial charge on any atom is 0.340 e. The number of nitrogens with zero attached hydrogens (tertiary/aromatic N) is 2. The van der Waals surface area contributed by atoms with Gasteiger partial charge >= 0.3 is 5.97 Å². The van der Waals surface area contributed by atoms with Crippen molar-refractivity contribution in [3.05, 3.63) is 29.8 Å². The Morgan fingerprint density at radius 1 is 1.00 bits per heavy atom. The number of likely N-dealkylation sites (N-methyl/N-ethyl adjacent to an activating group) is 1. The third-order valence-electron chi connectivity index (χ3n) is 14.2. The number of ether oxygens (including phenoxy) is 5. The molecule has 7 bridgehead atoms. The van der Waals surface area contributed by atoms with Crippen LogP contribution in [0.1, 0.15) is 55.8 Å². The van der Waals surface area contributed by atoms with Crippen LogP contribution in [0, 0.1) is 34.5 Å². The van der Waals surface area contributed by atoms with Gasteiger partial charge in [0.25, 0.3) is 0 Å². The van der Waals surface area contributed by atoms with Crippen molar-refractivity contribution in [2.75, 3.05) is 53.0 Å². The first-order valence-electron chi connectivity index (χ1n) is 17.5. The molecule has 12 heteroatoms. The van der Waals surface area contributed by atoms with Crippen LogP contribution in [-0.4, -0.2) is 123 Å². The quantitative estimate of drug-likeness (QED) is 0.294. The van der Waals surface area contributed by atoms with Gasteiger partial charge in [-0.05, 0) is 43.9 Å². The molecule has 7 fully saturated rings. The Kier molecular flexibility index (Phi) is 7.52. The average molecular weight is 669 g/mol. The fourth-order valence-corrected chi connectivity index (χ4v) is 13.0. The predicted octanol–water partition coefficient (Wildman–Crippen LogP) is 1.79. The molecule has 2 N–H and O–H groups in total. The van der Waals surface area contributed by atoms with E-state index in [9.17, 15) is 24.6 Å². The van der Waals surface area contributed by atoms with Crippen LogP contribution in [-0.2, 0) is 33.3 Å². The number of imide groups is 1. The highest BCUT2D eigenvalue weighted by Gasteiger charge is 2.91. The van der Waals surface area contributed by atoms with Crippen LogP contribution in [0.5, 0.6) is 0 Å². The van der Waals surface area contributed by atoms with Crippen LogP contribution < -0.4 is 4.90 Å². The fraction of sp³-hybridized carbons (Fsp3) is 0.750. The van der Waals surface area contributed by atoms with Crippen LogP contribution in [0.3, 0.4) is 0 Å². The summed E-state index contributed by atoms with van der Waals surface area (Å²) in [6.07, 6.45) is 0.951. The molecule has 0 unspecified atom stereocenters. The van der Waals surface area contributed by atoms with Gasteiger partial charge in [0.1, 0.15) is 11.2 Å². The monoisotopic (exact) mass is 668 g/mol. The van der Waals surface area contributed by atoms with Crippen LogP contribution >= 0.6 is 0 Å². The molecule has 2 amide bonds. The minimum atomic E-state index is -1.69. The number of aliphatic hydroxyl groups is 2. The molecule has 13 atom stereocenters. The molecule has 0 radical (unpaired) electrons. The molecule has 1 spiro atoms. The lowest BCUT2D eigenvalue weighted by Gasteiger charge is -2.70. The number of carbonyl (C=O) groups is 3. The third kappa shape index (κ3) is 3.67. The number of rotatable bonds is 9. The number of methoxy groups -OCH3 is 4. The number of benzene rings is 1. The third-order valence-corrected chi connectivity index (χ3v) is 14.2. The van der Waals surface area contributed by atoms with Crippen LogP contribution in [0.2, 0.25) is 0 Å². The largest absolute Gasteiger partial charge is 0.461 e. The lowest BCUT2D eigenvalue weighted by molar-refractivity contribution is -0.320. The molecule has 12 nitrogen and oxygen atoms in total. The van der Waals surface area contributed by atoms with Gasteiger partial charge in [0, 0.05) is 82.8 Å². The van der Waals surface area contributed by atoms with Crippen LogP contribution in [0.15, 0.2) is 24.3 Å². The molecule has 262 valence electrons. The number of fused-ring (bicyclic) bond motifs is 2. The van der Waals surface area contributed by atoms with Crippen molar-refractivity contribution in [2.45, 2.75) is 87.1 Å². The normalized spacial score (nSPS) is 47.1. The first-order valence-corrected chi connectivity index (χ1v) is 17.5. The Bertz CT molecular complexity index is 1510. The summed E-state index contributed by atoms with van der Waals surface area (Å²) in [5, 5.41) is 26.5. The zero-order chi connectivity index (χ0) is 34.0. The van der Waals surface area contributed by atoms with Gasteiger partial charge in [-0.2, -0.15) is 0 Å². The Labute approximate surface area is 280 Å². The van der Waals surface area contributed by atoms with E-state index < -0.39 is 40.1 Å². The molecule has 48 heavy (non-hydrogen) atoms. The maximum atomic E-state index is 14.0. The summed E-state index contributed by atoms with van der Waals surface area (Å²) in [6, 6.07) is 6.11. The number of para-hydroxylation sites is 1. The number of hydrogen-bond acceptors (Lipinski definition) is 11. The number of amides is 2. The molecule has 1 aromatic rings. The van der Waals surface area contributed by atoms with Crippen molar-refractivity contribution in [3.63, 3.8) is 0 Å². The van der Waals surface area contributed by atoms with Gasteiger partial charge in [-0.25, -0.2) is 9.69 Å². The van der Waals surface area contributed by atoms with E-state index in [1.807, 2.05) is 0 Å². The lowest BCUT2D eigenvalue weighted by Crippen LogP contribution is -2.82. The molecule has 2 aliphatic heterocycles. The molecule has 5 aliphatic carbocycles. The summed E-state index contributed by atoms with van der Waals surface area (Å²) in [6.45, 7) is 3.24. The van der Waals surface area contributed by atoms with E-state index in [0.29, 0.717) is 25.9 Å². The van der Waals surface area contributed by atoms with E-state index in [1.54, 1.807) is 52.7 Å². The Morgan fingerprint density at radius 2 is 1.73 bits per heavy atom. The Balaban J connectivity index is 1.24. The number of esters is 1. The van der Waals surface area contributed by atoms with Gasteiger partial charge in [0.2, 0.25) is 11.8 Å². The first kappa shape index (κ1) is 32.7. The van der Waals surface area contributed by atoms with Gasteiger partial charge in [-0.15, -0.1) is 0 Å². The van der Waals surface area contributed by atoms with Crippen molar-refractivity contribution < 1.29 is 48.3 Å². The topological polar surface area (TPSA) is 144 Å². The second-order valence-corrected chi connectivity index (χ2v) is 15.4. The molecule has 2 heterocycles. The van der Waals surface area contributed by atoms with Gasteiger partial charge in [-0.3, -0.25) is 14.5 Å². The van der Waals surface area contributed by atoms with Gasteiger partial charge < -0.3 is 33.9 Å². The number of likely N-dealkylation sites (tertiary alicyclic amines) is 1. The average Bonchev–Trinajstić information content (AvgIpc) is 3.66. The Morgan fingerprint density at radius 3 is 2.38 bits per heavy atom. The van der Waals surface area contributed by atoms with Crippen LogP contribution in [0.25, 0.3) is 0 Å². The van der Waals surface area contributed by atoms with Crippen molar-refractivity contribution in [1.29, 1.82) is 0 Å². The van der Waals surface area contributed by atoms with E-state index in [4.69, 9.17) is 23.7 Å². The summed E-state index contributed by atoms with van der Waals surface area (Å²) in [7, 11) is 6.70. The van der Waals surface area contributed by atoms with E-state index in [-0.39, 0.29) is 90.9 Å². The summed E-state index contributed by atoms with van der Waals surface area (Å²) in [4.78, 5) is 42.6. The second kappa shape index (κ2) is 11.0. The molecule has 1 aromatic carbocycles. The van der Waals surface area contributed by atoms with E-state index in [1.165, 1.54) is 0 Å². The summed E-state index contributed by atoms with van der Waals surface area (Å²) < 4.78 is 31.3. The fourth-order valence-electron chi connectivity index (χ4n) is 13.0. The zero-order valence-corrected chi connectivity index (χ0v) is 28.4. The highest BCUT2D eigenvalue weighted by molar-refractivity contribution is 6.21. The minimum Gasteiger partial charge on any atom is -0.461 e. The van der Waals surface area contributed by atoms with Gasteiger partial charge in [-0.1, -0.05) is 19.1 Å². The molecule has 8 rings (SSSR count). The summed E-state index contributed by atoms with van der Waals surface area (Å²) >= 11 is 0. The number of carbonyl (C=O) groups excluding carboxylic acids is 3. The number of hydrogen-bond donors (Lipinski definition) is 2. The summed E-state index contributed by atoms with van der Waals surface area (Å²) in [5.41, 5.74) is -4.15. The minimum absolute atomic E-state index is 0.0394. The maximum absolute atomic E-state index is 14.0. The predicted molar refractivity (Wildman–Crippen MR) is 170 cm³/mol. The van der Waals surface area contributed by atoms with Gasteiger partial charge in [0.15, 0.2) is 0 Å². The molecule has 2 saturated heterocycles. The number of anilines is 1. The SMILES string of the molecule is CCN1C[C@]2(COC(=O)c3ccccc3N3C(=O)CCC3=O)CC[C@@H](OC)[C@@]34[C@@H]5C[C@H]6[C@H](OC)[C@@H]5[C@](O)(C[C@@H]6OC)[C@@](O)([C@@H](OC)[C@H]23)[C@@H]14. The smallest absolute Gasteiger partial charge is 0.340 e. The summed E-state index contributed by atoms with van der Waals surface area (Å²) in [5.74, 6) is -2.00.